The number of hydrogen-bond donors (Lipinski definition) is 0. The van der Waals surface area contributed by atoms with Crippen molar-refractivity contribution in [2.75, 3.05) is 7.05 Å². The summed E-state index contributed by atoms with van der Waals surface area (Å²) in [4.78, 5) is 13.4. The van der Waals surface area contributed by atoms with Crippen LogP contribution in [0.5, 0.6) is 0 Å². The number of nitrogens with zero attached hydrogens (tertiary/aromatic N) is 2. The molecule has 1 heterocycles. The van der Waals surface area contributed by atoms with Crippen LogP contribution in [0.4, 0.5) is 4.39 Å². The smallest absolute Gasteiger partial charge is 0.260 e. The monoisotopic (exact) mass is 294 g/mol. The summed E-state index contributed by atoms with van der Waals surface area (Å²) in [6, 6.07) is 7.35. The Labute approximate surface area is 120 Å². The van der Waals surface area contributed by atoms with Gasteiger partial charge in [-0.1, -0.05) is 17.7 Å². The number of hydrogen-bond acceptors (Lipinski definition) is 2. The van der Waals surface area contributed by atoms with E-state index in [-0.39, 0.29) is 28.6 Å². The summed E-state index contributed by atoms with van der Waals surface area (Å²) in [5.41, 5.74) is 0.480. The lowest BCUT2D eigenvalue weighted by Crippen LogP contribution is -2.31. The van der Waals surface area contributed by atoms with Gasteiger partial charge in [0.15, 0.2) is 12.4 Å². The number of pyridine rings is 1. The molecule has 4 nitrogen and oxygen atoms in total. The van der Waals surface area contributed by atoms with E-state index in [0.717, 1.165) is 0 Å². The van der Waals surface area contributed by atoms with Gasteiger partial charge in [0.1, 0.15) is 11.4 Å². The fourth-order valence-electron chi connectivity index (χ4n) is 1.79. The van der Waals surface area contributed by atoms with Crippen LogP contribution in [-0.2, 0) is 6.54 Å². The zero-order valence-corrected chi connectivity index (χ0v) is 11.5. The van der Waals surface area contributed by atoms with Crippen molar-refractivity contribution in [3.63, 3.8) is 0 Å². The van der Waals surface area contributed by atoms with Crippen molar-refractivity contribution < 1.29 is 13.9 Å². The van der Waals surface area contributed by atoms with Crippen molar-refractivity contribution in [2.45, 2.75) is 6.54 Å². The SMILES string of the molecule is CN(Cc1c(F)cccc1Cl)C(=O)c1ccc[n+]([O-])c1. The molecule has 2 rings (SSSR count). The van der Waals surface area contributed by atoms with Crippen LogP contribution in [0, 0.1) is 11.0 Å². The van der Waals surface area contributed by atoms with Crippen molar-refractivity contribution in [1.29, 1.82) is 0 Å². The first-order valence-electron chi connectivity index (χ1n) is 5.86. The lowest BCUT2D eigenvalue weighted by atomic mass is 10.2. The van der Waals surface area contributed by atoms with E-state index in [2.05, 4.69) is 0 Å². The van der Waals surface area contributed by atoms with Gasteiger partial charge in [0, 0.05) is 30.2 Å². The summed E-state index contributed by atoms with van der Waals surface area (Å²) < 4.78 is 14.2. The van der Waals surface area contributed by atoms with Gasteiger partial charge in [-0.15, -0.1) is 0 Å². The van der Waals surface area contributed by atoms with E-state index in [9.17, 15) is 14.4 Å². The largest absolute Gasteiger partial charge is 0.619 e. The minimum absolute atomic E-state index is 0.0259. The third-order valence-electron chi connectivity index (χ3n) is 2.83. The Morgan fingerprint density at radius 2 is 2.15 bits per heavy atom. The lowest BCUT2D eigenvalue weighted by Gasteiger charge is -2.18. The topological polar surface area (TPSA) is 47.2 Å². The summed E-state index contributed by atoms with van der Waals surface area (Å²) >= 11 is 5.92. The summed E-state index contributed by atoms with van der Waals surface area (Å²) in [6.07, 6.45) is 2.45. The highest BCUT2D eigenvalue weighted by molar-refractivity contribution is 6.31. The number of amides is 1. The molecule has 0 N–H and O–H groups in total. The quantitative estimate of drug-likeness (QED) is 0.644. The Balaban J connectivity index is 2.20. The second-order valence-electron chi connectivity index (χ2n) is 4.31. The molecule has 1 amide bonds. The molecule has 1 aromatic carbocycles. The third-order valence-corrected chi connectivity index (χ3v) is 3.18. The minimum Gasteiger partial charge on any atom is -0.619 e. The molecule has 0 fully saturated rings. The Kier molecular flexibility index (Phi) is 4.20. The summed E-state index contributed by atoms with van der Waals surface area (Å²) in [5.74, 6) is -0.848. The van der Waals surface area contributed by atoms with E-state index in [1.165, 1.54) is 48.6 Å². The predicted octanol–water partition coefficient (Wildman–Crippen LogP) is 2.38. The lowest BCUT2D eigenvalue weighted by molar-refractivity contribution is -0.605. The predicted molar refractivity (Wildman–Crippen MR) is 72.6 cm³/mol. The van der Waals surface area contributed by atoms with Gasteiger partial charge < -0.3 is 10.1 Å². The van der Waals surface area contributed by atoms with Crippen molar-refractivity contribution in [3.8, 4) is 0 Å². The van der Waals surface area contributed by atoms with E-state index in [0.29, 0.717) is 4.73 Å². The van der Waals surface area contributed by atoms with Gasteiger partial charge in [0.05, 0.1) is 0 Å². The highest BCUT2D eigenvalue weighted by Gasteiger charge is 2.17. The molecule has 0 unspecified atom stereocenters. The van der Waals surface area contributed by atoms with E-state index in [4.69, 9.17) is 11.6 Å². The zero-order valence-electron chi connectivity index (χ0n) is 10.7. The third kappa shape index (κ3) is 3.05. The number of carbonyl (C=O) groups excluding carboxylic acids is 1. The first-order chi connectivity index (χ1) is 9.49. The molecule has 0 saturated heterocycles. The first-order valence-corrected chi connectivity index (χ1v) is 6.24. The molecule has 2 aromatic rings. The highest BCUT2D eigenvalue weighted by atomic mass is 35.5. The molecule has 6 heteroatoms. The van der Waals surface area contributed by atoms with Crippen molar-refractivity contribution in [2.24, 2.45) is 0 Å². The Bertz CT molecular complexity index is 629. The van der Waals surface area contributed by atoms with Gasteiger partial charge in [-0.25, -0.2) is 4.39 Å². The molecule has 104 valence electrons. The van der Waals surface area contributed by atoms with Gasteiger partial charge in [0.25, 0.3) is 5.91 Å². The number of halogens is 2. The minimum atomic E-state index is -0.468. The standard InChI is InChI=1S/C14H12ClFN2O2/c1-17(9-11-12(15)5-2-6-13(11)16)14(19)10-4-3-7-18(20)8-10/h2-8H,9H2,1H3. The average Bonchev–Trinajstić information content (AvgIpc) is 2.42. The maximum atomic E-state index is 13.7. The van der Waals surface area contributed by atoms with Crippen molar-refractivity contribution >= 4 is 17.5 Å². The Hall–Kier alpha value is -2.14. The fourth-order valence-corrected chi connectivity index (χ4v) is 2.02. The zero-order chi connectivity index (χ0) is 14.7. The van der Waals surface area contributed by atoms with Crippen LogP contribution < -0.4 is 4.73 Å². The normalized spacial score (nSPS) is 10.3. The molecule has 0 aliphatic rings. The highest BCUT2D eigenvalue weighted by Crippen LogP contribution is 2.20. The summed E-state index contributed by atoms with van der Waals surface area (Å²) in [6.45, 7) is 0.0259. The molecule has 20 heavy (non-hydrogen) atoms. The molecule has 0 radical (unpaired) electrons. The van der Waals surface area contributed by atoms with Gasteiger partial charge in [0.2, 0.25) is 0 Å². The first kappa shape index (κ1) is 14.3. The van der Waals surface area contributed by atoms with Crippen molar-refractivity contribution in [1.82, 2.24) is 4.90 Å². The maximum absolute atomic E-state index is 13.7. The van der Waals surface area contributed by atoms with Gasteiger partial charge in [-0.05, 0) is 18.2 Å². The molecule has 0 saturated carbocycles. The second-order valence-corrected chi connectivity index (χ2v) is 4.72. The van der Waals surface area contributed by atoms with Gasteiger partial charge in [-0.3, -0.25) is 4.79 Å². The fraction of sp³-hybridized carbons (Fsp3) is 0.143. The number of carbonyl (C=O) groups is 1. The summed E-state index contributed by atoms with van der Waals surface area (Å²) in [7, 11) is 1.52. The van der Waals surface area contributed by atoms with Crippen LogP contribution in [0.15, 0.2) is 42.7 Å². The molecular weight excluding hydrogens is 283 g/mol. The van der Waals surface area contributed by atoms with Crippen LogP contribution >= 0.6 is 11.6 Å². The Morgan fingerprint density at radius 1 is 1.40 bits per heavy atom. The number of rotatable bonds is 3. The van der Waals surface area contributed by atoms with Crippen LogP contribution in [0.2, 0.25) is 5.02 Å². The second kappa shape index (κ2) is 5.88. The molecule has 0 atom stereocenters. The average molecular weight is 295 g/mol. The molecule has 0 aliphatic carbocycles. The van der Waals surface area contributed by atoms with Gasteiger partial charge >= 0.3 is 0 Å². The maximum Gasteiger partial charge on any atom is 0.260 e. The van der Waals surface area contributed by atoms with E-state index < -0.39 is 5.82 Å². The molecule has 1 aromatic heterocycles. The van der Waals surface area contributed by atoms with Gasteiger partial charge in [-0.2, -0.15) is 4.73 Å². The molecule has 0 bridgehead atoms. The van der Waals surface area contributed by atoms with Crippen LogP contribution in [0.3, 0.4) is 0 Å². The molecule has 0 aliphatic heterocycles. The van der Waals surface area contributed by atoms with E-state index >= 15 is 0 Å². The Morgan fingerprint density at radius 3 is 2.80 bits per heavy atom. The van der Waals surface area contributed by atoms with E-state index in [1.54, 1.807) is 6.07 Å². The summed E-state index contributed by atoms with van der Waals surface area (Å²) in [5, 5.41) is 11.4. The van der Waals surface area contributed by atoms with Crippen LogP contribution in [-0.4, -0.2) is 17.9 Å². The number of aromatic nitrogens is 1. The number of benzene rings is 1. The van der Waals surface area contributed by atoms with Crippen molar-refractivity contribution in [3.05, 3.63) is 69.9 Å². The van der Waals surface area contributed by atoms with Crippen LogP contribution in [0.1, 0.15) is 15.9 Å². The van der Waals surface area contributed by atoms with Crippen LogP contribution in [0.25, 0.3) is 0 Å². The van der Waals surface area contributed by atoms with E-state index in [1.807, 2.05) is 0 Å². The molecular formula is C14H12ClFN2O2. The molecule has 0 spiro atoms.